The fourth-order valence-corrected chi connectivity index (χ4v) is 1.92. The molecule has 0 unspecified atom stereocenters. The Morgan fingerprint density at radius 3 is 2.52 bits per heavy atom. The van der Waals surface area contributed by atoms with Crippen LogP contribution in [-0.4, -0.2) is 47.8 Å². The number of rotatable bonds is 7. The maximum atomic E-state index is 13.6. The first-order valence-corrected chi connectivity index (χ1v) is 6.70. The maximum absolute atomic E-state index is 13.6. The minimum atomic E-state index is -0.854. The molecule has 0 aromatic heterocycles. The van der Waals surface area contributed by atoms with E-state index in [-0.39, 0.29) is 12.5 Å². The number of halogens is 1. The van der Waals surface area contributed by atoms with Crippen LogP contribution in [0.25, 0.3) is 0 Å². The second kappa shape index (κ2) is 7.68. The Balaban J connectivity index is 2.81. The predicted molar refractivity (Wildman–Crippen MR) is 77.3 cm³/mol. The van der Waals surface area contributed by atoms with Crippen molar-refractivity contribution >= 4 is 11.6 Å². The van der Waals surface area contributed by atoms with Gasteiger partial charge in [0.1, 0.15) is 0 Å². The number of carbonyl (C=O) groups is 1. The molecule has 7 heteroatoms. The van der Waals surface area contributed by atoms with Crippen LogP contribution in [0, 0.1) is 15.9 Å². The van der Waals surface area contributed by atoms with Crippen LogP contribution in [0.15, 0.2) is 18.2 Å². The number of likely N-dealkylation sites (N-methyl/N-ethyl adjacent to an activating group) is 1. The van der Waals surface area contributed by atoms with E-state index in [1.165, 1.54) is 11.0 Å². The van der Waals surface area contributed by atoms with Crippen molar-refractivity contribution in [3.63, 3.8) is 0 Å². The average molecular weight is 297 g/mol. The Labute approximate surface area is 123 Å². The molecule has 0 saturated heterocycles. The lowest BCUT2D eigenvalue weighted by atomic mass is 10.1. The Hall–Kier alpha value is -2.02. The van der Waals surface area contributed by atoms with Crippen LogP contribution >= 0.6 is 0 Å². The predicted octanol–water partition coefficient (Wildman–Crippen LogP) is 2.03. The van der Waals surface area contributed by atoms with Crippen LogP contribution in [0.2, 0.25) is 0 Å². The SMILES string of the molecule is CCCN(CC(=O)N(C)C)Cc1ccc([N+](=O)[O-])c(F)c1. The van der Waals surface area contributed by atoms with E-state index >= 15 is 0 Å². The van der Waals surface area contributed by atoms with E-state index in [0.29, 0.717) is 18.7 Å². The largest absolute Gasteiger partial charge is 0.348 e. The monoisotopic (exact) mass is 297 g/mol. The number of nitrogens with zero attached hydrogens (tertiary/aromatic N) is 3. The maximum Gasteiger partial charge on any atom is 0.304 e. The van der Waals surface area contributed by atoms with Crippen LogP contribution in [0.5, 0.6) is 0 Å². The summed E-state index contributed by atoms with van der Waals surface area (Å²) in [6, 6.07) is 3.83. The van der Waals surface area contributed by atoms with E-state index in [2.05, 4.69) is 0 Å². The zero-order chi connectivity index (χ0) is 16.0. The Morgan fingerprint density at radius 1 is 1.38 bits per heavy atom. The molecule has 1 aromatic rings. The molecular weight excluding hydrogens is 277 g/mol. The van der Waals surface area contributed by atoms with Crippen LogP contribution in [0.4, 0.5) is 10.1 Å². The Morgan fingerprint density at radius 2 is 2.05 bits per heavy atom. The van der Waals surface area contributed by atoms with Gasteiger partial charge in [0.05, 0.1) is 11.5 Å². The van der Waals surface area contributed by atoms with Gasteiger partial charge in [0, 0.05) is 26.7 Å². The summed E-state index contributed by atoms with van der Waals surface area (Å²) in [5.41, 5.74) is 0.0725. The number of hydrogen-bond acceptors (Lipinski definition) is 4. The van der Waals surface area contributed by atoms with E-state index in [4.69, 9.17) is 0 Å². The van der Waals surface area contributed by atoms with Gasteiger partial charge < -0.3 is 4.90 Å². The van der Waals surface area contributed by atoms with Gasteiger partial charge in [-0.3, -0.25) is 19.8 Å². The van der Waals surface area contributed by atoms with Gasteiger partial charge in [-0.25, -0.2) is 0 Å². The first kappa shape index (κ1) is 17.0. The molecule has 0 spiro atoms. The summed E-state index contributed by atoms with van der Waals surface area (Å²) >= 11 is 0. The highest BCUT2D eigenvalue weighted by Crippen LogP contribution is 2.19. The molecule has 0 fully saturated rings. The second-order valence-corrected chi connectivity index (χ2v) is 5.04. The van der Waals surface area contributed by atoms with E-state index < -0.39 is 16.4 Å². The van der Waals surface area contributed by atoms with Gasteiger partial charge >= 0.3 is 5.69 Å². The van der Waals surface area contributed by atoms with Crippen molar-refractivity contribution in [1.29, 1.82) is 0 Å². The standard InChI is InChI=1S/C14H20FN3O3/c1-4-7-17(10-14(19)16(2)3)9-11-5-6-13(18(20)21)12(15)8-11/h5-6,8H,4,7,9-10H2,1-3H3. The summed E-state index contributed by atoms with van der Waals surface area (Å²) in [6.45, 7) is 3.30. The topological polar surface area (TPSA) is 66.7 Å². The van der Waals surface area contributed by atoms with Gasteiger partial charge in [0.2, 0.25) is 11.7 Å². The number of nitro groups is 1. The smallest absolute Gasteiger partial charge is 0.304 e. The fourth-order valence-electron chi connectivity index (χ4n) is 1.92. The first-order valence-electron chi connectivity index (χ1n) is 6.70. The van der Waals surface area contributed by atoms with Gasteiger partial charge in [-0.15, -0.1) is 0 Å². The van der Waals surface area contributed by atoms with Crippen molar-refractivity contribution in [3.8, 4) is 0 Å². The van der Waals surface area contributed by atoms with E-state index in [9.17, 15) is 19.3 Å². The van der Waals surface area contributed by atoms with E-state index in [0.717, 1.165) is 18.6 Å². The van der Waals surface area contributed by atoms with Gasteiger partial charge in [-0.05, 0) is 24.6 Å². The first-order chi connectivity index (χ1) is 9.85. The van der Waals surface area contributed by atoms with Crippen molar-refractivity contribution in [2.45, 2.75) is 19.9 Å². The molecule has 0 aliphatic heterocycles. The minimum absolute atomic E-state index is 0.0363. The van der Waals surface area contributed by atoms with E-state index in [1.807, 2.05) is 11.8 Å². The van der Waals surface area contributed by atoms with Crippen molar-refractivity contribution < 1.29 is 14.1 Å². The molecule has 6 nitrogen and oxygen atoms in total. The van der Waals surface area contributed by atoms with Crippen LogP contribution < -0.4 is 0 Å². The summed E-state index contributed by atoms with van der Waals surface area (Å²) in [4.78, 5) is 25.0. The number of benzene rings is 1. The summed E-state index contributed by atoms with van der Waals surface area (Å²) in [6.07, 6.45) is 0.857. The molecule has 1 rings (SSSR count). The lowest BCUT2D eigenvalue weighted by Gasteiger charge is -2.23. The van der Waals surface area contributed by atoms with Crippen molar-refractivity contribution in [3.05, 3.63) is 39.7 Å². The molecule has 1 amide bonds. The van der Waals surface area contributed by atoms with Crippen molar-refractivity contribution in [2.75, 3.05) is 27.2 Å². The molecular formula is C14H20FN3O3. The quantitative estimate of drug-likeness (QED) is 0.570. The number of carbonyl (C=O) groups excluding carboxylic acids is 1. The molecule has 0 saturated carbocycles. The number of hydrogen-bond donors (Lipinski definition) is 0. The molecule has 0 heterocycles. The zero-order valence-corrected chi connectivity index (χ0v) is 12.5. The summed E-state index contributed by atoms with van der Waals surface area (Å²) in [5, 5.41) is 10.6. The van der Waals surface area contributed by atoms with Crippen LogP contribution in [0.3, 0.4) is 0 Å². The third kappa shape index (κ3) is 5.11. The third-order valence-electron chi connectivity index (χ3n) is 3.01. The Bertz CT molecular complexity index is 520. The minimum Gasteiger partial charge on any atom is -0.348 e. The lowest BCUT2D eigenvalue weighted by molar-refractivity contribution is -0.387. The normalized spacial score (nSPS) is 10.7. The molecule has 0 N–H and O–H groups in total. The Kier molecular flexibility index (Phi) is 6.23. The molecule has 0 aliphatic rings. The molecule has 21 heavy (non-hydrogen) atoms. The molecule has 1 aromatic carbocycles. The van der Waals surface area contributed by atoms with Gasteiger partial charge in [-0.1, -0.05) is 13.0 Å². The second-order valence-electron chi connectivity index (χ2n) is 5.04. The third-order valence-corrected chi connectivity index (χ3v) is 3.01. The highest BCUT2D eigenvalue weighted by Gasteiger charge is 2.16. The van der Waals surface area contributed by atoms with Crippen molar-refractivity contribution in [1.82, 2.24) is 9.80 Å². The van der Waals surface area contributed by atoms with Crippen LogP contribution in [0.1, 0.15) is 18.9 Å². The molecule has 0 aliphatic carbocycles. The highest BCUT2D eigenvalue weighted by molar-refractivity contribution is 5.77. The fraction of sp³-hybridized carbons (Fsp3) is 0.500. The average Bonchev–Trinajstić information content (AvgIpc) is 2.38. The van der Waals surface area contributed by atoms with Gasteiger partial charge in [0.25, 0.3) is 0 Å². The molecule has 0 atom stereocenters. The zero-order valence-electron chi connectivity index (χ0n) is 12.5. The number of nitro benzene ring substituents is 1. The summed E-state index contributed by atoms with van der Waals surface area (Å²) in [5.74, 6) is -0.890. The lowest BCUT2D eigenvalue weighted by Crippen LogP contribution is -2.36. The van der Waals surface area contributed by atoms with Crippen LogP contribution in [-0.2, 0) is 11.3 Å². The van der Waals surface area contributed by atoms with Gasteiger partial charge in [0.15, 0.2) is 0 Å². The van der Waals surface area contributed by atoms with E-state index in [1.54, 1.807) is 14.1 Å². The van der Waals surface area contributed by atoms with Gasteiger partial charge in [-0.2, -0.15) is 4.39 Å². The molecule has 116 valence electrons. The summed E-state index contributed by atoms with van der Waals surface area (Å²) in [7, 11) is 3.36. The summed E-state index contributed by atoms with van der Waals surface area (Å²) < 4.78 is 13.6. The molecule has 0 bridgehead atoms. The highest BCUT2D eigenvalue weighted by atomic mass is 19.1. The number of amides is 1. The van der Waals surface area contributed by atoms with Crippen molar-refractivity contribution in [2.24, 2.45) is 0 Å². The molecule has 0 radical (unpaired) electrons.